The molecule has 0 unspecified atom stereocenters. The number of allylic oxidation sites excluding steroid dienone is 4. The highest BCUT2D eigenvalue weighted by Crippen LogP contribution is 2.54. The molecular weight excluding hydrogens is 350 g/mol. The second-order valence-electron chi connectivity index (χ2n) is 9.07. The molecule has 1 saturated carbocycles. The molecule has 2 aliphatic rings. The van der Waals surface area contributed by atoms with Gasteiger partial charge < -0.3 is 14.5 Å². The minimum atomic E-state index is -0.462. The van der Waals surface area contributed by atoms with Crippen molar-refractivity contribution in [1.29, 1.82) is 0 Å². The van der Waals surface area contributed by atoms with Crippen LogP contribution >= 0.6 is 0 Å². The Hall–Kier alpha value is -2.04. The van der Waals surface area contributed by atoms with Crippen molar-refractivity contribution in [2.24, 2.45) is 10.4 Å². The first kappa shape index (κ1) is 22.3. The first-order valence-corrected chi connectivity index (χ1v) is 10.3. The fourth-order valence-corrected chi connectivity index (χ4v) is 3.81. The molecule has 1 saturated heterocycles. The van der Waals surface area contributed by atoms with Crippen LogP contribution in [0.25, 0.3) is 0 Å². The predicted octanol–water partition coefficient (Wildman–Crippen LogP) is 5.16. The van der Waals surface area contributed by atoms with E-state index in [1.807, 2.05) is 20.8 Å². The Bertz CT molecular complexity index is 698. The molecule has 0 bridgehead atoms. The van der Waals surface area contributed by atoms with Gasteiger partial charge in [-0.25, -0.2) is 4.79 Å². The molecule has 1 aliphatic carbocycles. The molecule has 1 amide bonds. The van der Waals surface area contributed by atoms with Crippen LogP contribution in [0, 0.1) is 5.41 Å². The van der Waals surface area contributed by atoms with Crippen LogP contribution in [0.5, 0.6) is 0 Å². The molecule has 0 N–H and O–H groups in total. The van der Waals surface area contributed by atoms with Crippen LogP contribution in [0.15, 0.2) is 40.7 Å². The molecule has 0 radical (unpaired) electrons. The smallest absolute Gasteiger partial charge is 0.410 e. The third-order valence-electron chi connectivity index (χ3n) is 5.62. The Balaban J connectivity index is 2.21. The standard InChI is InChI=1S/C23H37N3O2/c1-9-19(23(8)11-12-23)20(17(3)24-10-2)18(4)25-13-15-26(16-14-25)21(27)28-22(5,6)7/h9-10H,2,11-16H2,1,3-8H3/b19-9+,20-18-,24-17?. The zero-order valence-electron chi connectivity index (χ0n) is 18.8. The van der Waals surface area contributed by atoms with Gasteiger partial charge in [0.05, 0.1) is 0 Å². The molecule has 2 fully saturated rings. The fourth-order valence-electron chi connectivity index (χ4n) is 3.81. The van der Waals surface area contributed by atoms with E-state index in [9.17, 15) is 4.79 Å². The molecule has 0 aromatic rings. The second kappa shape index (κ2) is 8.54. The molecule has 28 heavy (non-hydrogen) atoms. The normalized spacial score (nSPS) is 21.2. The van der Waals surface area contributed by atoms with E-state index in [4.69, 9.17) is 4.74 Å². The van der Waals surface area contributed by atoms with Crippen molar-refractivity contribution in [3.63, 3.8) is 0 Å². The SMILES string of the molecule is C=CN=C(C)C(/C(=C\C)C1(C)CC1)=C(\C)N1CCN(C(=O)OC(C)(C)C)CC1. The zero-order valence-corrected chi connectivity index (χ0v) is 18.8. The number of amides is 1. The van der Waals surface area contributed by atoms with Crippen molar-refractivity contribution < 1.29 is 9.53 Å². The monoisotopic (exact) mass is 387 g/mol. The minimum absolute atomic E-state index is 0.224. The van der Waals surface area contributed by atoms with Gasteiger partial charge in [-0.05, 0) is 65.4 Å². The third kappa shape index (κ3) is 5.27. The topological polar surface area (TPSA) is 45.1 Å². The van der Waals surface area contributed by atoms with E-state index in [0.717, 1.165) is 18.8 Å². The molecule has 5 nitrogen and oxygen atoms in total. The van der Waals surface area contributed by atoms with E-state index in [2.05, 4.69) is 50.2 Å². The highest BCUT2D eigenvalue weighted by atomic mass is 16.6. The third-order valence-corrected chi connectivity index (χ3v) is 5.62. The average Bonchev–Trinajstić information content (AvgIpc) is 3.36. The predicted molar refractivity (Wildman–Crippen MR) is 116 cm³/mol. The van der Waals surface area contributed by atoms with Gasteiger partial charge in [-0.15, -0.1) is 0 Å². The first-order valence-electron chi connectivity index (χ1n) is 10.3. The largest absolute Gasteiger partial charge is 0.444 e. The van der Waals surface area contributed by atoms with E-state index in [1.165, 1.54) is 29.7 Å². The van der Waals surface area contributed by atoms with Crippen LogP contribution in [0.4, 0.5) is 4.79 Å². The summed E-state index contributed by atoms with van der Waals surface area (Å²) in [6.45, 7) is 21.1. The van der Waals surface area contributed by atoms with Crippen molar-refractivity contribution in [3.05, 3.63) is 35.7 Å². The minimum Gasteiger partial charge on any atom is -0.444 e. The molecule has 0 aromatic heterocycles. The number of aliphatic imine (C=N–C) groups is 1. The Kier molecular flexibility index (Phi) is 6.79. The van der Waals surface area contributed by atoms with Crippen LogP contribution in [-0.4, -0.2) is 53.4 Å². The van der Waals surface area contributed by atoms with Crippen molar-refractivity contribution in [3.8, 4) is 0 Å². The summed E-state index contributed by atoms with van der Waals surface area (Å²) in [5.74, 6) is 0. The lowest BCUT2D eigenvalue weighted by Gasteiger charge is -2.38. The average molecular weight is 388 g/mol. The van der Waals surface area contributed by atoms with Crippen LogP contribution in [0.3, 0.4) is 0 Å². The number of ether oxygens (including phenoxy) is 1. The van der Waals surface area contributed by atoms with E-state index < -0.39 is 5.60 Å². The fraction of sp³-hybridized carbons (Fsp3) is 0.652. The second-order valence-corrected chi connectivity index (χ2v) is 9.07. The number of rotatable bonds is 5. The molecule has 5 heteroatoms. The highest BCUT2D eigenvalue weighted by molar-refractivity contribution is 6.03. The summed E-state index contributed by atoms with van der Waals surface area (Å²) in [6.07, 6.45) is 6.07. The number of hydrogen-bond donors (Lipinski definition) is 0. The van der Waals surface area contributed by atoms with Crippen molar-refractivity contribution in [2.45, 2.75) is 66.9 Å². The lowest BCUT2D eigenvalue weighted by Crippen LogP contribution is -2.49. The molecule has 1 aliphatic heterocycles. The maximum atomic E-state index is 12.3. The van der Waals surface area contributed by atoms with Gasteiger partial charge in [0.1, 0.15) is 5.60 Å². The number of carbonyl (C=O) groups excluding carboxylic acids is 1. The maximum absolute atomic E-state index is 12.3. The molecule has 0 aromatic carbocycles. The molecule has 0 spiro atoms. The highest BCUT2D eigenvalue weighted by Gasteiger charge is 2.43. The lowest BCUT2D eigenvalue weighted by molar-refractivity contribution is 0.0168. The van der Waals surface area contributed by atoms with Crippen molar-refractivity contribution in [1.82, 2.24) is 9.80 Å². The van der Waals surface area contributed by atoms with E-state index >= 15 is 0 Å². The number of piperazine rings is 1. The van der Waals surface area contributed by atoms with Gasteiger partial charge in [0.2, 0.25) is 0 Å². The van der Waals surface area contributed by atoms with Crippen LogP contribution in [0.2, 0.25) is 0 Å². The van der Waals surface area contributed by atoms with Crippen LogP contribution < -0.4 is 0 Å². The summed E-state index contributed by atoms with van der Waals surface area (Å²) in [6, 6.07) is 0. The van der Waals surface area contributed by atoms with Gasteiger partial charge in [0.15, 0.2) is 0 Å². The van der Waals surface area contributed by atoms with Gasteiger partial charge in [0.25, 0.3) is 0 Å². The Morgan fingerprint density at radius 2 is 1.64 bits per heavy atom. The molecule has 156 valence electrons. The van der Waals surface area contributed by atoms with Gasteiger partial charge in [-0.2, -0.15) is 0 Å². The van der Waals surface area contributed by atoms with Gasteiger partial charge in [0, 0.05) is 49.4 Å². The molecule has 0 atom stereocenters. The summed E-state index contributed by atoms with van der Waals surface area (Å²) in [4.78, 5) is 21.0. The summed E-state index contributed by atoms with van der Waals surface area (Å²) in [5, 5.41) is 0. The number of nitrogens with zero attached hydrogens (tertiary/aromatic N) is 3. The first-order chi connectivity index (χ1) is 13.0. The zero-order chi connectivity index (χ0) is 21.1. The Morgan fingerprint density at radius 3 is 2.07 bits per heavy atom. The summed E-state index contributed by atoms with van der Waals surface area (Å²) in [5.41, 5.74) is 4.63. The van der Waals surface area contributed by atoms with Gasteiger partial charge in [-0.1, -0.05) is 19.6 Å². The van der Waals surface area contributed by atoms with Crippen molar-refractivity contribution in [2.75, 3.05) is 26.2 Å². The molecule has 1 heterocycles. The quantitative estimate of drug-likeness (QED) is 0.483. The van der Waals surface area contributed by atoms with E-state index in [-0.39, 0.29) is 11.5 Å². The van der Waals surface area contributed by atoms with E-state index in [0.29, 0.717) is 13.1 Å². The molecule has 2 rings (SSSR count). The van der Waals surface area contributed by atoms with Crippen molar-refractivity contribution >= 4 is 11.8 Å². The van der Waals surface area contributed by atoms with Crippen LogP contribution in [0.1, 0.15) is 61.3 Å². The maximum Gasteiger partial charge on any atom is 0.410 e. The summed E-state index contributed by atoms with van der Waals surface area (Å²) in [7, 11) is 0. The number of hydrogen-bond acceptors (Lipinski definition) is 4. The Labute approximate surface area is 170 Å². The van der Waals surface area contributed by atoms with E-state index in [1.54, 1.807) is 11.1 Å². The van der Waals surface area contributed by atoms with Gasteiger partial charge >= 0.3 is 6.09 Å². The van der Waals surface area contributed by atoms with Crippen LogP contribution in [-0.2, 0) is 4.74 Å². The summed E-state index contributed by atoms with van der Waals surface area (Å²) < 4.78 is 5.52. The number of carbonyl (C=O) groups is 1. The Morgan fingerprint density at radius 1 is 1.11 bits per heavy atom. The summed E-state index contributed by atoms with van der Waals surface area (Å²) >= 11 is 0. The lowest BCUT2D eigenvalue weighted by atomic mass is 9.87. The molecular formula is C23H37N3O2. The van der Waals surface area contributed by atoms with Gasteiger partial charge in [-0.3, -0.25) is 4.99 Å².